The van der Waals surface area contributed by atoms with Crippen LogP contribution < -0.4 is 19.9 Å². The molecule has 45 heavy (non-hydrogen) atoms. The number of ether oxygens (including phenoxy) is 3. The molecule has 3 unspecified atom stereocenters. The molecule has 2 aliphatic heterocycles. The van der Waals surface area contributed by atoms with Crippen LogP contribution in [0.2, 0.25) is 0 Å². The molecule has 9 nitrogen and oxygen atoms in total. The van der Waals surface area contributed by atoms with Gasteiger partial charge in [0.2, 0.25) is 5.91 Å². The fourth-order valence-electron chi connectivity index (χ4n) is 5.95. The third-order valence-corrected chi connectivity index (χ3v) is 8.73. The first-order valence-electron chi connectivity index (χ1n) is 16.4. The SMILES string of the molecule is CCOCC(C)c1ccccc1.COCCCN1C(=O)C(C)(C)Oc2ccc(N(C(=O)C3CNCC(C(C)=O)C3)C3CC3)cc21. The van der Waals surface area contributed by atoms with E-state index < -0.39 is 5.60 Å². The molecule has 0 radical (unpaired) electrons. The molecule has 246 valence electrons. The van der Waals surface area contributed by atoms with E-state index in [2.05, 4.69) is 36.5 Å². The summed E-state index contributed by atoms with van der Waals surface area (Å²) in [6.45, 7) is 13.3. The number of piperidine rings is 1. The normalized spacial score (nSPS) is 21.1. The summed E-state index contributed by atoms with van der Waals surface area (Å²) in [4.78, 5) is 42.3. The highest BCUT2D eigenvalue weighted by Crippen LogP contribution is 2.43. The van der Waals surface area contributed by atoms with Gasteiger partial charge in [-0.2, -0.15) is 0 Å². The summed E-state index contributed by atoms with van der Waals surface area (Å²) in [6.07, 6.45) is 3.19. The van der Waals surface area contributed by atoms with Crippen LogP contribution in [0.4, 0.5) is 11.4 Å². The number of nitrogens with one attached hydrogen (secondary N) is 1. The number of carbonyl (C=O) groups is 3. The lowest BCUT2D eigenvalue weighted by Gasteiger charge is -2.39. The first-order chi connectivity index (χ1) is 21.6. The summed E-state index contributed by atoms with van der Waals surface area (Å²) in [6, 6.07) is 16.3. The number of hydrogen-bond donors (Lipinski definition) is 1. The van der Waals surface area contributed by atoms with Crippen LogP contribution in [0.3, 0.4) is 0 Å². The molecule has 2 heterocycles. The molecule has 1 saturated carbocycles. The van der Waals surface area contributed by atoms with E-state index >= 15 is 0 Å². The van der Waals surface area contributed by atoms with E-state index in [1.165, 1.54) is 5.56 Å². The molecule has 1 aliphatic carbocycles. The first-order valence-corrected chi connectivity index (χ1v) is 16.4. The Labute approximate surface area is 268 Å². The van der Waals surface area contributed by atoms with E-state index in [-0.39, 0.29) is 35.5 Å². The van der Waals surface area contributed by atoms with E-state index in [0.29, 0.717) is 56.4 Å². The van der Waals surface area contributed by atoms with E-state index in [9.17, 15) is 14.4 Å². The lowest BCUT2D eigenvalue weighted by atomic mass is 9.87. The van der Waals surface area contributed by atoms with Crippen molar-refractivity contribution >= 4 is 29.0 Å². The molecule has 0 spiro atoms. The van der Waals surface area contributed by atoms with Crippen LogP contribution in [-0.2, 0) is 23.9 Å². The van der Waals surface area contributed by atoms with Crippen LogP contribution in [0, 0.1) is 11.8 Å². The Morgan fingerprint density at radius 1 is 1.11 bits per heavy atom. The van der Waals surface area contributed by atoms with Gasteiger partial charge in [0.15, 0.2) is 5.60 Å². The number of ketones is 1. The summed E-state index contributed by atoms with van der Waals surface area (Å²) in [5.41, 5.74) is 1.86. The van der Waals surface area contributed by atoms with Gasteiger partial charge in [-0.1, -0.05) is 37.3 Å². The average molecular weight is 622 g/mol. The van der Waals surface area contributed by atoms with Gasteiger partial charge in [0.25, 0.3) is 5.91 Å². The number of anilines is 2. The highest BCUT2D eigenvalue weighted by Gasteiger charge is 2.43. The topological polar surface area (TPSA) is 97.4 Å². The molecule has 2 aromatic carbocycles. The van der Waals surface area contributed by atoms with Gasteiger partial charge in [-0.25, -0.2) is 0 Å². The molecule has 0 aromatic heterocycles. The van der Waals surface area contributed by atoms with Crippen molar-refractivity contribution in [2.45, 2.75) is 77.9 Å². The van der Waals surface area contributed by atoms with Crippen molar-refractivity contribution in [1.29, 1.82) is 0 Å². The molecule has 3 atom stereocenters. The minimum absolute atomic E-state index is 0.0465. The number of Topliss-reactive ketones (excluding diaryl/α,β-unsaturated/α-hetero) is 1. The number of rotatable bonds is 12. The van der Waals surface area contributed by atoms with Crippen molar-refractivity contribution in [3.8, 4) is 5.75 Å². The lowest BCUT2D eigenvalue weighted by Crippen LogP contribution is -2.53. The molecule has 1 N–H and O–H groups in total. The molecule has 9 heteroatoms. The van der Waals surface area contributed by atoms with Gasteiger partial charge in [-0.05, 0) is 77.1 Å². The van der Waals surface area contributed by atoms with Crippen molar-refractivity contribution in [3.05, 3.63) is 54.1 Å². The predicted molar refractivity (Wildman–Crippen MR) is 177 cm³/mol. The quantitative estimate of drug-likeness (QED) is 0.319. The summed E-state index contributed by atoms with van der Waals surface area (Å²) in [7, 11) is 1.65. The lowest BCUT2D eigenvalue weighted by molar-refractivity contribution is -0.132. The largest absolute Gasteiger partial charge is 0.476 e. The van der Waals surface area contributed by atoms with Gasteiger partial charge in [-0.3, -0.25) is 14.4 Å². The Bertz CT molecular complexity index is 1290. The highest BCUT2D eigenvalue weighted by molar-refractivity contribution is 6.04. The van der Waals surface area contributed by atoms with Crippen LogP contribution >= 0.6 is 0 Å². The van der Waals surface area contributed by atoms with Crippen molar-refractivity contribution in [1.82, 2.24) is 5.32 Å². The number of nitrogens with zero attached hydrogens (tertiary/aromatic N) is 2. The van der Waals surface area contributed by atoms with Crippen LogP contribution in [0.5, 0.6) is 5.75 Å². The maximum absolute atomic E-state index is 13.6. The molecular weight excluding hydrogens is 570 g/mol. The number of carbonyl (C=O) groups excluding carboxylic acids is 3. The maximum Gasteiger partial charge on any atom is 0.270 e. The number of fused-ring (bicyclic) bond motifs is 1. The Balaban J connectivity index is 0.000000323. The fraction of sp³-hybridized carbons (Fsp3) is 0.583. The minimum Gasteiger partial charge on any atom is -0.476 e. The van der Waals surface area contributed by atoms with Gasteiger partial charge < -0.3 is 29.3 Å². The van der Waals surface area contributed by atoms with E-state index in [0.717, 1.165) is 31.7 Å². The zero-order valence-corrected chi connectivity index (χ0v) is 27.8. The number of amides is 2. The molecule has 0 bridgehead atoms. The zero-order valence-electron chi connectivity index (χ0n) is 27.8. The standard InChI is InChI=1S/C25H35N3O5.C11H16O/c1-16(29)17-12-18(15-26-14-17)23(30)28(19-6-7-19)20-8-9-22-21(13-20)27(10-5-11-32-4)24(31)25(2,3)33-22;1-3-12-9-10(2)11-7-5-4-6-8-11/h8-9,13,17-19,26H,5-7,10-12,14-15H2,1-4H3;4-8,10H,3,9H2,1-2H3. The third kappa shape index (κ3) is 8.93. The van der Waals surface area contributed by atoms with E-state index in [1.54, 1.807) is 32.8 Å². The molecule has 2 amide bonds. The van der Waals surface area contributed by atoms with Crippen LogP contribution in [-0.4, -0.2) is 75.8 Å². The van der Waals surface area contributed by atoms with Gasteiger partial charge in [0, 0.05) is 63.5 Å². The Hall–Kier alpha value is -3.27. The van der Waals surface area contributed by atoms with Crippen LogP contribution in [0.1, 0.15) is 71.8 Å². The summed E-state index contributed by atoms with van der Waals surface area (Å²) >= 11 is 0. The molecule has 5 rings (SSSR count). The Kier molecular flexibility index (Phi) is 12.2. The molecule has 1 saturated heterocycles. The zero-order chi connectivity index (χ0) is 32.6. The molecule has 2 aromatic rings. The van der Waals surface area contributed by atoms with Gasteiger partial charge in [0.1, 0.15) is 11.5 Å². The van der Waals surface area contributed by atoms with E-state index in [1.807, 2.05) is 36.1 Å². The molecule has 3 aliphatic rings. The molecule has 2 fully saturated rings. The number of methoxy groups -OCH3 is 1. The van der Waals surface area contributed by atoms with Gasteiger partial charge in [-0.15, -0.1) is 0 Å². The first kappa shape index (κ1) is 34.6. The predicted octanol–water partition coefficient (Wildman–Crippen LogP) is 5.36. The smallest absolute Gasteiger partial charge is 0.270 e. The van der Waals surface area contributed by atoms with Crippen molar-refractivity contribution in [3.63, 3.8) is 0 Å². The molecular formula is C36H51N3O6. The van der Waals surface area contributed by atoms with E-state index in [4.69, 9.17) is 14.2 Å². The Morgan fingerprint density at radius 2 is 1.82 bits per heavy atom. The maximum atomic E-state index is 13.6. The van der Waals surface area contributed by atoms with Gasteiger partial charge >= 0.3 is 0 Å². The minimum atomic E-state index is -0.955. The van der Waals surface area contributed by atoms with Crippen molar-refractivity contribution in [2.24, 2.45) is 11.8 Å². The van der Waals surface area contributed by atoms with Crippen molar-refractivity contribution < 1.29 is 28.6 Å². The van der Waals surface area contributed by atoms with Crippen LogP contribution in [0.15, 0.2) is 48.5 Å². The number of benzene rings is 2. The third-order valence-electron chi connectivity index (χ3n) is 8.73. The Morgan fingerprint density at radius 3 is 2.47 bits per heavy atom. The number of hydrogen-bond acceptors (Lipinski definition) is 7. The second-order valence-electron chi connectivity index (χ2n) is 12.9. The second-order valence-corrected chi connectivity index (χ2v) is 12.9. The second kappa shape index (κ2) is 15.8. The van der Waals surface area contributed by atoms with Gasteiger partial charge in [0.05, 0.1) is 18.2 Å². The fourth-order valence-corrected chi connectivity index (χ4v) is 5.95. The highest BCUT2D eigenvalue weighted by atomic mass is 16.5. The average Bonchev–Trinajstić information content (AvgIpc) is 3.88. The summed E-state index contributed by atoms with van der Waals surface area (Å²) in [5.74, 6) is 0.849. The summed E-state index contributed by atoms with van der Waals surface area (Å²) in [5, 5.41) is 3.26. The monoisotopic (exact) mass is 621 g/mol. The summed E-state index contributed by atoms with van der Waals surface area (Å²) < 4.78 is 16.6. The van der Waals surface area contributed by atoms with Crippen molar-refractivity contribution in [2.75, 3.05) is 56.4 Å². The van der Waals surface area contributed by atoms with Crippen LogP contribution in [0.25, 0.3) is 0 Å².